The Morgan fingerprint density at radius 1 is 1.00 bits per heavy atom. The van der Waals surface area contributed by atoms with Gasteiger partial charge in [-0.2, -0.15) is 8.42 Å². The van der Waals surface area contributed by atoms with E-state index in [1.54, 1.807) is 6.08 Å². The molecule has 36 heavy (non-hydrogen) atoms. The fourth-order valence-electron chi connectivity index (χ4n) is 11.2. The average Bonchev–Trinajstić information content (AvgIpc) is 3.37. The van der Waals surface area contributed by atoms with E-state index in [0.717, 1.165) is 19.3 Å². The van der Waals surface area contributed by atoms with Crippen molar-refractivity contribution in [3.63, 3.8) is 0 Å². The summed E-state index contributed by atoms with van der Waals surface area (Å²) in [6.45, 7) is 11.1. The topological polar surface area (TPSA) is 101 Å². The van der Waals surface area contributed by atoms with Crippen molar-refractivity contribution in [1.29, 1.82) is 0 Å². The smallest absolute Gasteiger partial charge is 0.392 e. The van der Waals surface area contributed by atoms with E-state index in [0.29, 0.717) is 30.6 Å². The number of carbonyl (C=O) groups is 1. The molecule has 5 fully saturated rings. The van der Waals surface area contributed by atoms with Crippen LogP contribution in [0.1, 0.15) is 98.8 Å². The molecule has 0 bridgehead atoms. The van der Waals surface area contributed by atoms with E-state index in [1.165, 1.54) is 32.1 Å². The highest BCUT2D eigenvalue weighted by molar-refractivity contribution is 7.80. The minimum Gasteiger partial charge on any atom is -0.392 e. The zero-order valence-corrected chi connectivity index (χ0v) is 23.6. The zero-order valence-electron chi connectivity index (χ0n) is 22.8. The first-order valence-electron chi connectivity index (χ1n) is 14.1. The second-order valence-corrected chi connectivity index (χ2v) is 15.1. The maximum absolute atomic E-state index is 12.4. The van der Waals surface area contributed by atoms with Crippen LogP contribution >= 0.6 is 0 Å². The van der Waals surface area contributed by atoms with E-state index in [9.17, 15) is 22.9 Å². The summed E-state index contributed by atoms with van der Waals surface area (Å²) in [5.41, 5.74) is 0.190. The predicted molar refractivity (Wildman–Crippen MR) is 138 cm³/mol. The SMILES string of the molecule is C/C=C\C(=O)C[C@@H](C)[C@H]1CC[C@@]2(C)[C@@H]3CC[C@H]4[C@](C)(COS(=O)(=O)O)[C@H](O)CC[C@@]45C[C@@]35CC[C@]12C. The van der Waals surface area contributed by atoms with Gasteiger partial charge in [0.25, 0.3) is 0 Å². The number of carbonyl (C=O) groups excluding carboxylic acids is 1. The van der Waals surface area contributed by atoms with Gasteiger partial charge in [-0.05, 0) is 116 Å². The first-order valence-corrected chi connectivity index (χ1v) is 15.5. The normalized spacial score (nSPS) is 50.6. The van der Waals surface area contributed by atoms with Crippen molar-refractivity contribution in [2.24, 2.45) is 50.7 Å². The number of hydrogen-bond acceptors (Lipinski definition) is 5. The molecule has 5 aliphatic rings. The number of rotatable bonds is 7. The van der Waals surface area contributed by atoms with Gasteiger partial charge in [-0.3, -0.25) is 9.35 Å². The molecule has 2 spiro atoms. The van der Waals surface area contributed by atoms with E-state index in [-0.39, 0.29) is 40.0 Å². The lowest BCUT2D eigenvalue weighted by atomic mass is 9.41. The number of aliphatic hydroxyl groups is 1. The molecule has 0 saturated heterocycles. The Morgan fingerprint density at radius 3 is 2.33 bits per heavy atom. The molecule has 10 atom stereocenters. The second kappa shape index (κ2) is 8.37. The highest BCUT2D eigenvalue weighted by Crippen LogP contribution is 2.89. The first kappa shape index (κ1) is 26.8. The average molecular weight is 523 g/mol. The molecule has 0 aromatic rings. The minimum atomic E-state index is -4.55. The molecule has 6 nitrogen and oxygen atoms in total. The van der Waals surface area contributed by atoms with Crippen LogP contribution in [-0.2, 0) is 19.4 Å². The lowest BCUT2D eigenvalue weighted by Gasteiger charge is -2.63. The lowest BCUT2D eigenvalue weighted by molar-refractivity contribution is -0.172. The third-order valence-electron chi connectivity index (χ3n) is 13.0. The van der Waals surface area contributed by atoms with Gasteiger partial charge in [0.1, 0.15) is 0 Å². The molecule has 5 rings (SSSR count). The van der Waals surface area contributed by atoms with Gasteiger partial charge in [0, 0.05) is 11.8 Å². The number of allylic oxidation sites excluding steroid dienone is 2. The molecule has 2 N–H and O–H groups in total. The van der Waals surface area contributed by atoms with Crippen LogP contribution in [0.25, 0.3) is 0 Å². The van der Waals surface area contributed by atoms with Crippen LogP contribution < -0.4 is 0 Å². The van der Waals surface area contributed by atoms with Crippen LogP contribution in [0.15, 0.2) is 12.2 Å². The van der Waals surface area contributed by atoms with Crippen molar-refractivity contribution in [2.45, 2.75) is 105 Å². The van der Waals surface area contributed by atoms with Crippen LogP contribution in [0, 0.1) is 50.7 Å². The molecule has 0 amide bonds. The maximum Gasteiger partial charge on any atom is 0.397 e. The lowest BCUT2D eigenvalue weighted by Crippen LogP contribution is -2.59. The summed E-state index contributed by atoms with van der Waals surface area (Å²) < 4.78 is 37.0. The van der Waals surface area contributed by atoms with Crippen molar-refractivity contribution >= 4 is 16.2 Å². The van der Waals surface area contributed by atoms with Gasteiger partial charge in [0.15, 0.2) is 5.78 Å². The molecule has 0 unspecified atom stereocenters. The molecule has 0 aromatic carbocycles. The molecular formula is C29H46O6S. The Balaban J connectivity index is 1.42. The summed E-state index contributed by atoms with van der Waals surface area (Å²) >= 11 is 0. The molecule has 0 radical (unpaired) electrons. The molecule has 0 heterocycles. The number of aliphatic hydroxyl groups excluding tert-OH is 1. The first-order chi connectivity index (χ1) is 16.7. The molecule has 5 saturated carbocycles. The largest absolute Gasteiger partial charge is 0.397 e. The van der Waals surface area contributed by atoms with Crippen molar-refractivity contribution in [3.05, 3.63) is 12.2 Å². The predicted octanol–water partition coefficient (Wildman–Crippen LogP) is 5.76. The summed E-state index contributed by atoms with van der Waals surface area (Å²) in [6, 6.07) is 0. The Morgan fingerprint density at radius 2 is 1.67 bits per heavy atom. The molecule has 204 valence electrons. The Bertz CT molecular complexity index is 1050. The summed E-state index contributed by atoms with van der Waals surface area (Å²) in [5, 5.41) is 11.0. The fraction of sp³-hybridized carbons (Fsp3) is 0.897. The van der Waals surface area contributed by atoms with E-state index in [4.69, 9.17) is 4.18 Å². The van der Waals surface area contributed by atoms with Gasteiger partial charge < -0.3 is 5.11 Å². The number of fused-ring (bicyclic) bond motifs is 2. The summed E-state index contributed by atoms with van der Waals surface area (Å²) in [5.74, 6) is 2.01. The van der Waals surface area contributed by atoms with E-state index in [1.807, 2.05) is 19.9 Å². The quantitative estimate of drug-likeness (QED) is 0.326. The van der Waals surface area contributed by atoms with E-state index >= 15 is 0 Å². The standard InChI is InChI=1S/C29H46O6S/c1-6-7-20(30)16-19(2)21-10-12-27(5)23-9-8-22-25(3,18-35-36(32,33)34)24(31)11-13-28(22)17-29(23,28)15-14-26(21,27)4/h6-7,19,21-24,31H,8-18H2,1-5H3,(H,32,33,34)/b7-6-/t19-,21-,22+,23+,24-,25+,26-,27+,28-,29+/m1/s1. The van der Waals surface area contributed by atoms with Crippen LogP contribution in [0.5, 0.6) is 0 Å². The number of ketones is 1. The molecule has 0 aromatic heterocycles. The maximum atomic E-state index is 12.4. The van der Waals surface area contributed by atoms with Gasteiger partial charge in [-0.15, -0.1) is 0 Å². The van der Waals surface area contributed by atoms with Crippen LogP contribution in [0.2, 0.25) is 0 Å². The van der Waals surface area contributed by atoms with Crippen LogP contribution in [0.3, 0.4) is 0 Å². The third kappa shape index (κ3) is 3.51. The molecule has 5 aliphatic carbocycles. The molecule has 0 aliphatic heterocycles. The Hall–Kier alpha value is -0.760. The highest BCUT2D eigenvalue weighted by Gasteiger charge is 2.82. The van der Waals surface area contributed by atoms with Crippen molar-refractivity contribution in [2.75, 3.05) is 6.61 Å². The Labute approximate surface area is 217 Å². The highest BCUT2D eigenvalue weighted by atomic mass is 32.3. The molecular weight excluding hydrogens is 476 g/mol. The summed E-state index contributed by atoms with van der Waals surface area (Å²) in [6.07, 6.45) is 13.3. The monoisotopic (exact) mass is 522 g/mol. The minimum absolute atomic E-state index is 0.141. The fourth-order valence-corrected chi connectivity index (χ4v) is 11.6. The Kier molecular flexibility index (Phi) is 6.24. The van der Waals surface area contributed by atoms with Crippen LogP contribution in [-0.4, -0.2) is 36.6 Å². The van der Waals surface area contributed by atoms with Gasteiger partial charge in [-0.25, -0.2) is 4.18 Å². The van der Waals surface area contributed by atoms with E-state index in [2.05, 4.69) is 20.8 Å². The van der Waals surface area contributed by atoms with Gasteiger partial charge in [0.2, 0.25) is 0 Å². The third-order valence-corrected chi connectivity index (χ3v) is 13.5. The summed E-state index contributed by atoms with van der Waals surface area (Å²) in [4.78, 5) is 12.4. The van der Waals surface area contributed by atoms with E-state index < -0.39 is 21.9 Å². The van der Waals surface area contributed by atoms with Gasteiger partial charge >= 0.3 is 10.4 Å². The van der Waals surface area contributed by atoms with Crippen molar-refractivity contribution in [1.82, 2.24) is 0 Å². The molecule has 7 heteroatoms. The van der Waals surface area contributed by atoms with Crippen LogP contribution in [0.4, 0.5) is 0 Å². The zero-order chi connectivity index (χ0) is 26.4. The van der Waals surface area contributed by atoms with Crippen molar-refractivity contribution < 1.29 is 27.1 Å². The summed E-state index contributed by atoms with van der Waals surface area (Å²) in [7, 11) is -4.55. The van der Waals surface area contributed by atoms with Gasteiger partial charge in [0.05, 0.1) is 12.7 Å². The van der Waals surface area contributed by atoms with Gasteiger partial charge in [-0.1, -0.05) is 33.8 Å². The number of hydrogen-bond donors (Lipinski definition) is 2. The van der Waals surface area contributed by atoms with Crippen molar-refractivity contribution in [3.8, 4) is 0 Å². The second-order valence-electron chi connectivity index (χ2n) is 14.0.